The number of rotatable bonds is 6. The zero-order valence-corrected chi connectivity index (χ0v) is 19.5. The molecule has 40 heavy (non-hydrogen) atoms. The fourth-order valence-electron chi connectivity index (χ4n) is 1.04. The number of hydrogen-bond acceptors (Lipinski definition) is 6. The molecule has 0 aromatic rings. The summed E-state index contributed by atoms with van der Waals surface area (Å²) in [6.45, 7) is 0. The van der Waals surface area contributed by atoms with Crippen molar-refractivity contribution in [3.8, 4) is 0 Å². The van der Waals surface area contributed by atoms with Gasteiger partial charge < -0.3 is 0 Å². The van der Waals surface area contributed by atoms with Crippen LogP contribution in [0.4, 0.5) is 79.0 Å². The molecule has 0 aromatic heterocycles. The molecule has 0 unspecified atom stereocenters. The van der Waals surface area contributed by atoms with Crippen molar-refractivity contribution >= 4 is 34.7 Å². The van der Waals surface area contributed by atoms with Crippen molar-refractivity contribution < 1.29 is 127 Å². The Morgan fingerprint density at radius 2 is 0.350 bits per heavy atom. The van der Waals surface area contributed by atoms with E-state index in [-0.39, 0.29) is 19.5 Å². The van der Waals surface area contributed by atoms with Gasteiger partial charge >= 0.3 is 37.1 Å². The molecule has 0 amide bonds. The zero-order valence-electron chi connectivity index (χ0n) is 17.7. The maximum atomic E-state index is 11.3. The maximum Gasteiger partial charge on any atom is 0.450 e. The van der Waals surface area contributed by atoms with E-state index in [0.717, 1.165) is 0 Å². The standard InChI is InChI=1S/3C5H2F6O2.Ru/c3*6-4(7,8)2(12)1-3(13)5(9,10)11;/h3*1H2;. The van der Waals surface area contributed by atoms with Gasteiger partial charge in [-0.2, -0.15) is 79.0 Å². The largest absolute Gasteiger partial charge is 0.450 e. The van der Waals surface area contributed by atoms with E-state index in [9.17, 15) is 108 Å². The fraction of sp³-hybridized carbons (Fsp3) is 0.600. The van der Waals surface area contributed by atoms with Gasteiger partial charge in [-0.3, -0.25) is 28.8 Å². The molecule has 25 heteroatoms. The van der Waals surface area contributed by atoms with Crippen LogP contribution < -0.4 is 0 Å². The summed E-state index contributed by atoms with van der Waals surface area (Å²) in [5.74, 6) is -16.2. The average Bonchev–Trinajstić information content (AvgIpc) is 2.64. The molecule has 0 aromatic carbocycles. The first-order chi connectivity index (χ1) is 16.6. The van der Waals surface area contributed by atoms with E-state index in [1.54, 1.807) is 0 Å². The normalized spacial score (nSPS) is 12.4. The van der Waals surface area contributed by atoms with Crippen molar-refractivity contribution in [3.05, 3.63) is 0 Å². The molecule has 0 atom stereocenters. The van der Waals surface area contributed by atoms with Crippen LogP contribution >= 0.6 is 0 Å². The van der Waals surface area contributed by atoms with Crippen LogP contribution in [0.5, 0.6) is 0 Å². The Morgan fingerprint density at radius 1 is 0.275 bits per heavy atom. The molecule has 0 fully saturated rings. The molecule has 0 saturated carbocycles. The maximum absolute atomic E-state index is 11.3. The second-order valence-corrected chi connectivity index (χ2v) is 6.06. The summed E-state index contributed by atoms with van der Waals surface area (Å²) < 4.78 is 204. The molecule has 0 radical (unpaired) electrons. The summed E-state index contributed by atoms with van der Waals surface area (Å²) in [4.78, 5) is 59.3. The van der Waals surface area contributed by atoms with Gasteiger partial charge in [-0.05, 0) is 0 Å². The number of ketones is 6. The van der Waals surface area contributed by atoms with E-state index >= 15 is 0 Å². The zero-order chi connectivity index (χ0) is 32.6. The van der Waals surface area contributed by atoms with Gasteiger partial charge in [0.05, 0.1) is 19.3 Å². The van der Waals surface area contributed by atoms with Gasteiger partial charge in [0.15, 0.2) is 0 Å². The van der Waals surface area contributed by atoms with Gasteiger partial charge in [0, 0.05) is 19.5 Å². The SMILES string of the molecule is O=C(CC(=O)C(F)(F)F)C(F)(F)F.O=C(CC(=O)C(F)(F)F)C(F)(F)F.O=C(CC(=O)C(F)(F)F)C(F)(F)F.[Ru]. The molecule has 6 nitrogen and oxygen atoms in total. The quantitative estimate of drug-likeness (QED) is 0.219. The molecule has 0 aliphatic heterocycles. The van der Waals surface area contributed by atoms with Gasteiger partial charge in [0.25, 0.3) is 0 Å². The Morgan fingerprint density at radius 3 is 0.400 bits per heavy atom. The predicted octanol–water partition coefficient (Wildman–Crippen LogP) is 4.92. The first-order valence-corrected chi connectivity index (χ1v) is 8.25. The number of carbonyl (C=O) groups excluding carboxylic acids is 6. The minimum Gasteiger partial charge on any atom is -0.289 e. The fourth-order valence-corrected chi connectivity index (χ4v) is 1.04. The Labute approximate surface area is 219 Å². The van der Waals surface area contributed by atoms with Gasteiger partial charge in [0.1, 0.15) is 0 Å². The summed E-state index contributed by atoms with van der Waals surface area (Å²) >= 11 is 0. The van der Waals surface area contributed by atoms with Crippen LogP contribution in [0.15, 0.2) is 0 Å². The molecule has 0 saturated heterocycles. The smallest absolute Gasteiger partial charge is 0.289 e. The van der Waals surface area contributed by atoms with Crippen molar-refractivity contribution in [2.24, 2.45) is 0 Å². The van der Waals surface area contributed by atoms with Crippen LogP contribution in [0.3, 0.4) is 0 Å². The van der Waals surface area contributed by atoms with Gasteiger partial charge in [-0.1, -0.05) is 0 Å². The summed E-state index contributed by atoms with van der Waals surface area (Å²) in [7, 11) is 0. The molecule has 0 heterocycles. The Balaban J connectivity index is -0.000000240. The topological polar surface area (TPSA) is 102 Å². The van der Waals surface area contributed by atoms with Gasteiger partial charge in [-0.15, -0.1) is 0 Å². The van der Waals surface area contributed by atoms with Crippen LogP contribution in [0.1, 0.15) is 19.3 Å². The van der Waals surface area contributed by atoms with E-state index in [0.29, 0.717) is 0 Å². The van der Waals surface area contributed by atoms with E-state index < -0.39 is 91.0 Å². The van der Waals surface area contributed by atoms with Crippen molar-refractivity contribution in [1.29, 1.82) is 0 Å². The Hall–Kier alpha value is -2.62. The van der Waals surface area contributed by atoms with Gasteiger partial charge in [-0.25, -0.2) is 0 Å². The molecule has 0 aliphatic carbocycles. The number of carbonyl (C=O) groups is 6. The predicted molar refractivity (Wildman–Crippen MR) is 80.2 cm³/mol. The molecule has 0 spiro atoms. The number of alkyl halides is 18. The van der Waals surface area contributed by atoms with E-state index in [4.69, 9.17) is 0 Å². The van der Waals surface area contributed by atoms with Crippen molar-refractivity contribution in [2.75, 3.05) is 0 Å². The molecule has 0 rings (SSSR count). The second-order valence-electron chi connectivity index (χ2n) is 6.06. The van der Waals surface area contributed by atoms with Crippen molar-refractivity contribution in [3.63, 3.8) is 0 Å². The van der Waals surface area contributed by atoms with Crippen LogP contribution in [0.25, 0.3) is 0 Å². The second kappa shape index (κ2) is 15.4. The van der Waals surface area contributed by atoms with E-state index in [2.05, 4.69) is 0 Å². The average molecular weight is 725 g/mol. The first-order valence-electron chi connectivity index (χ1n) is 8.25. The number of Topliss-reactive ketones (excluding diaryl/α,β-unsaturated/α-hetero) is 6. The molecule has 0 aliphatic rings. The molecular formula is C15H6F18O6Ru. The van der Waals surface area contributed by atoms with Crippen molar-refractivity contribution in [1.82, 2.24) is 0 Å². The summed E-state index contributed by atoms with van der Waals surface area (Å²) in [6.07, 6.45) is -39.0. The molecule has 0 bridgehead atoms. The summed E-state index contributed by atoms with van der Waals surface area (Å²) in [5.41, 5.74) is 0. The summed E-state index contributed by atoms with van der Waals surface area (Å²) in [6, 6.07) is 0. The Kier molecular flexibility index (Phi) is 17.1. The first kappa shape index (κ1) is 44.4. The third-order valence-corrected chi connectivity index (χ3v) is 2.86. The molecular weight excluding hydrogens is 719 g/mol. The van der Waals surface area contributed by atoms with Crippen LogP contribution in [0, 0.1) is 0 Å². The minimum absolute atomic E-state index is 0. The monoisotopic (exact) mass is 726 g/mol. The number of hydrogen-bond donors (Lipinski definition) is 0. The minimum atomic E-state index is -5.40. The number of halogens is 18. The molecule has 236 valence electrons. The summed E-state index contributed by atoms with van der Waals surface area (Å²) in [5, 5.41) is 0. The third-order valence-electron chi connectivity index (χ3n) is 2.86. The molecule has 0 N–H and O–H groups in total. The van der Waals surface area contributed by atoms with Crippen LogP contribution in [0.2, 0.25) is 0 Å². The van der Waals surface area contributed by atoms with E-state index in [1.807, 2.05) is 0 Å². The third kappa shape index (κ3) is 20.3. The van der Waals surface area contributed by atoms with E-state index in [1.165, 1.54) is 0 Å². The van der Waals surface area contributed by atoms with Crippen molar-refractivity contribution in [2.45, 2.75) is 56.3 Å². The van der Waals surface area contributed by atoms with Crippen LogP contribution in [-0.4, -0.2) is 71.8 Å². The van der Waals surface area contributed by atoms with Gasteiger partial charge in [0.2, 0.25) is 34.7 Å². The Bertz CT molecular complexity index is 726. The van der Waals surface area contributed by atoms with Crippen LogP contribution in [-0.2, 0) is 48.2 Å².